The lowest BCUT2D eigenvalue weighted by Crippen LogP contribution is -2.48. The van der Waals surface area contributed by atoms with E-state index in [4.69, 9.17) is 0 Å². The molecule has 0 saturated carbocycles. The smallest absolute Gasteiger partial charge is 0.254 e. The monoisotopic (exact) mass is 356 g/mol. The number of piperazine rings is 1. The van der Waals surface area contributed by atoms with Crippen LogP contribution in [0.5, 0.6) is 0 Å². The Hall–Kier alpha value is -2.02. The number of benzene rings is 1. The van der Waals surface area contributed by atoms with Crippen LogP contribution in [0, 0.1) is 6.92 Å². The number of carbonyl (C=O) groups excluding carboxylic acids is 1. The number of amides is 1. The van der Waals surface area contributed by atoms with Gasteiger partial charge in [-0.2, -0.15) is 5.10 Å². The molecule has 5 nitrogen and oxygen atoms in total. The highest BCUT2D eigenvalue weighted by atomic mass is 32.1. The predicted octanol–water partition coefficient (Wildman–Crippen LogP) is 2.32. The van der Waals surface area contributed by atoms with E-state index in [1.54, 1.807) is 17.6 Å². The lowest BCUT2D eigenvalue weighted by atomic mass is 10.2. The molecule has 0 unspecified atom stereocenters. The van der Waals surface area contributed by atoms with E-state index in [2.05, 4.69) is 51.5 Å². The first-order valence-corrected chi connectivity index (χ1v) is 9.38. The summed E-state index contributed by atoms with van der Waals surface area (Å²) in [6.07, 6.45) is 1.70. The Labute approximate surface area is 153 Å². The molecule has 2 aromatic rings. The molecule has 1 aliphatic heterocycles. The van der Waals surface area contributed by atoms with Crippen LogP contribution in [0.3, 0.4) is 0 Å². The van der Waals surface area contributed by atoms with Gasteiger partial charge in [-0.1, -0.05) is 30.3 Å². The third-order valence-corrected chi connectivity index (χ3v) is 5.16. The van der Waals surface area contributed by atoms with E-state index in [-0.39, 0.29) is 5.91 Å². The Kier molecular flexibility index (Phi) is 6.33. The van der Waals surface area contributed by atoms with Gasteiger partial charge in [-0.25, -0.2) is 5.43 Å². The van der Waals surface area contributed by atoms with Crippen LogP contribution in [0.2, 0.25) is 0 Å². The number of carbonyl (C=O) groups is 1. The van der Waals surface area contributed by atoms with Crippen molar-refractivity contribution in [3.63, 3.8) is 0 Å². The minimum absolute atomic E-state index is 0.0546. The molecule has 1 saturated heterocycles. The molecule has 3 rings (SSSR count). The summed E-state index contributed by atoms with van der Waals surface area (Å²) in [5, 5.41) is 4.04. The molecular formula is C19H24N4OS. The normalized spacial score (nSPS) is 16.4. The molecule has 1 aromatic carbocycles. The van der Waals surface area contributed by atoms with Crippen LogP contribution in [0.4, 0.5) is 0 Å². The van der Waals surface area contributed by atoms with Crippen LogP contribution in [-0.4, -0.2) is 54.6 Å². The van der Waals surface area contributed by atoms with Gasteiger partial charge in [0.05, 0.1) is 12.8 Å². The average Bonchev–Trinajstić information content (AvgIpc) is 3.03. The lowest BCUT2D eigenvalue weighted by molar-refractivity contribution is -0.122. The van der Waals surface area contributed by atoms with E-state index >= 15 is 0 Å². The van der Waals surface area contributed by atoms with E-state index in [1.807, 2.05) is 18.2 Å². The zero-order chi connectivity index (χ0) is 17.5. The number of hydrazone groups is 1. The number of nitrogens with zero attached hydrogens (tertiary/aromatic N) is 3. The Balaban J connectivity index is 1.37. The highest BCUT2D eigenvalue weighted by Crippen LogP contribution is 2.12. The van der Waals surface area contributed by atoms with Crippen LogP contribution in [0.1, 0.15) is 15.3 Å². The summed E-state index contributed by atoms with van der Waals surface area (Å²) in [6.45, 7) is 7.23. The second-order valence-electron chi connectivity index (χ2n) is 6.28. The molecule has 1 amide bonds. The van der Waals surface area contributed by atoms with Crippen LogP contribution in [0.15, 0.2) is 47.6 Å². The number of aryl methyl sites for hydroxylation is 1. The molecule has 2 heterocycles. The molecule has 0 spiro atoms. The van der Waals surface area contributed by atoms with Gasteiger partial charge in [-0.05, 0) is 24.6 Å². The van der Waals surface area contributed by atoms with E-state index in [9.17, 15) is 4.79 Å². The van der Waals surface area contributed by atoms with Crippen molar-refractivity contribution in [2.45, 2.75) is 13.5 Å². The van der Waals surface area contributed by atoms with E-state index in [0.29, 0.717) is 6.54 Å². The number of thiophene rings is 1. The SMILES string of the molecule is Cc1ccc(/C=N/NC(=O)CN2CCN(Cc3ccccc3)CC2)s1. The Morgan fingerprint density at radius 3 is 2.52 bits per heavy atom. The van der Waals surface area contributed by atoms with Gasteiger partial charge in [0.15, 0.2) is 0 Å². The number of rotatable bonds is 6. The molecule has 0 aliphatic carbocycles. The Morgan fingerprint density at radius 2 is 1.84 bits per heavy atom. The fourth-order valence-corrected chi connectivity index (χ4v) is 3.63. The van der Waals surface area contributed by atoms with Crippen LogP contribution in [0.25, 0.3) is 0 Å². The highest BCUT2D eigenvalue weighted by molar-refractivity contribution is 7.13. The Morgan fingerprint density at radius 1 is 1.12 bits per heavy atom. The van der Waals surface area contributed by atoms with Gasteiger partial charge in [-0.3, -0.25) is 14.6 Å². The molecule has 1 fully saturated rings. The van der Waals surface area contributed by atoms with Crippen molar-refractivity contribution in [2.75, 3.05) is 32.7 Å². The predicted molar refractivity (Wildman–Crippen MR) is 103 cm³/mol. The standard InChI is InChI=1S/C19H24N4OS/c1-16-7-8-18(25-16)13-20-21-19(24)15-23-11-9-22(10-12-23)14-17-5-3-2-4-6-17/h2-8,13H,9-12,14-15H2,1H3,(H,21,24)/b20-13+. The maximum atomic E-state index is 12.0. The fourth-order valence-electron chi connectivity index (χ4n) is 2.88. The maximum absolute atomic E-state index is 12.0. The third kappa shape index (κ3) is 5.77. The molecule has 1 aromatic heterocycles. The van der Waals surface area contributed by atoms with Crippen molar-refractivity contribution >= 4 is 23.5 Å². The van der Waals surface area contributed by atoms with Crippen molar-refractivity contribution in [3.05, 3.63) is 57.8 Å². The first-order chi connectivity index (χ1) is 12.2. The van der Waals surface area contributed by atoms with Gasteiger partial charge >= 0.3 is 0 Å². The second-order valence-corrected chi connectivity index (χ2v) is 7.60. The molecule has 6 heteroatoms. The fraction of sp³-hybridized carbons (Fsp3) is 0.368. The van der Waals surface area contributed by atoms with Gasteiger partial charge in [0.1, 0.15) is 0 Å². The molecule has 132 valence electrons. The zero-order valence-corrected chi connectivity index (χ0v) is 15.3. The van der Waals surface area contributed by atoms with Gasteiger partial charge in [0.2, 0.25) is 0 Å². The summed E-state index contributed by atoms with van der Waals surface area (Å²) in [5.41, 5.74) is 3.96. The first kappa shape index (κ1) is 17.8. The van der Waals surface area contributed by atoms with E-state index < -0.39 is 0 Å². The topological polar surface area (TPSA) is 47.9 Å². The van der Waals surface area contributed by atoms with Crippen LogP contribution in [-0.2, 0) is 11.3 Å². The lowest BCUT2D eigenvalue weighted by Gasteiger charge is -2.34. The van der Waals surface area contributed by atoms with Gasteiger partial charge < -0.3 is 0 Å². The first-order valence-electron chi connectivity index (χ1n) is 8.56. The summed E-state index contributed by atoms with van der Waals surface area (Å²) in [4.78, 5) is 18.9. The second kappa shape index (κ2) is 8.89. The molecule has 1 aliphatic rings. The summed E-state index contributed by atoms with van der Waals surface area (Å²) < 4.78 is 0. The summed E-state index contributed by atoms with van der Waals surface area (Å²) in [6, 6.07) is 14.6. The third-order valence-electron chi connectivity index (χ3n) is 4.22. The average molecular weight is 356 g/mol. The molecule has 25 heavy (non-hydrogen) atoms. The quantitative estimate of drug-likeness (QED) is 0.638. The van der Waals surface area contributed by atoms with Crippen molar-refractivity contribution in [1.29, 1.82) is 0 Å². The van der Waals surface area contributed by atoms with Gasteiger partial charge in [0, 0.05) is 42.5 Å². The summed E-state index contributed by atoms with van der Waals surface area (Å²) in [7, 11) is 0. The van der Waals surface area contributed by atoms with Crippen molar-refractivity contribution in [1.82, 2.24) is 15.2 Å². The van der Waals surface area contributed by atoms with Crippen molar-refractivity contribution < 1.29 is 4.79 Å². The molecule has 0 atom stereocenters. The molecule has 1 N–H and O–H groups in total. The zero-order valence-electron chi connectivity index (χ0n) is 14.5. The Bertz CT molecular complexity index is 705. The molecule has 0 radical (unpaired) electrons. The van der Waals surface area contributed by atoms with Crippen molar-refractivity contribution in [2.24, 2.45) is 5.10 Å². The summed E-state index contributed by atoms with van der Waals surface area (Å²) >= 11 is 1.66. The van der Waals surface area contributed by atoms with Crippen molar-refractivity contribution in [3.8, 4) is 0 Å². The van der Waals surface area contributed by atoms with E-state index in [1.165, 1.54) is 10.4 Å². The van der Waals surface area contributed by atoms with Gasteiger partial charge in [0.25, 0.3) is 5.91 Å². The minimum atomic E-state index is -0.0546. The number of hydrogen-bond acceptors (Lipinski definition) is 5. The number of hydrogen-bond donors (Lipinski definition) is 1. The molecular weight excluding hydrogens is 332 g/mol. The minimum Gasteiger partial charge on any atom is -0.297 e. The number of nitrogens with one attached hydrogen (secondary N) is 1. The molecule has 0 bridgehead atoms. The van der Waals surface area contributed by atoms with Crippen LogP contribution < -0.4 is 5.43 Å². The largest absolute Gasteiger partial charge is 0.297 e. The van der Waals surface area contributed by atoms with E-state index in [0.717, 1.165) is 37.6 Å². The van der Waals surface area contributed by atoms with Gasteiger partial charge in [-0.15, -0.1) is 11.3 Å². The maximum Gasteiger partial charge on any atom is 0.254 e. The summed E-state index contributed by atoms with van der Waals surface area (Å²) in [5.74, 6) is -0.0546. The van der Waals surface area contributed by atoms with Crippen LogP contribution >= 0.6 is 11.3 Å². The highest BCUT2D eigenvalue weighted by Gasteiger charge is 2.18.